The number of methoxy groups -OCH3 is 2. The van der Waals surface area contributed by atoms with Gasteiger partial charge in [-0.15, -0.1) is 0 Å². The number of carbonyl (C=O) groups is 1. The minimum Gasteiger partial charge on any atom is -0.497 e. The van der Waals surface area contributed by atoms with E-state index in [2.05, 4.69) is 12.1 Å². The Morgan fingerprint density at radius 3 is 2.64 bits per heavy atom. The summed E-state index contributed by atoms with van der Waals surface area (Å²) in [6.07, 6.45) is 4.11. The maximum Gasteiger partial charge on any atom is 0.136 e. The molecule has 5 heteroatoms. The SMILES string of the molecule is CCC[C@H](CC(=O)CC)O/N=C/c1ccc(OC)cc1OC. The standard InChI is InChI=1S/C17H25NO4/c1-5-7-16(10-14(19)6-2)22-18-12-13-8-9-15(20-3)11-17(13)21-4/h8-9,11-12,16H,5-7,10H2,1-4H3/b18-12+/t16-/m1/s1. The summed E-state index contributed by atoms with van der Waals surface area (Å²) in [5.41, 5.74) is 0.792. The van der Waals surface area contributed by atoms with Gasteiger partial charge < -0.3 is 14.3 Å². The number of ether oxygens (including phenoxy) is 2. The van der Waals surface area contributed by atoms with Gasteiger partial charge in [0, 0.05) is 24.5 Å². The highest BCUT2D eigenvalue weighted by Crippen LogP contribution is 2.23. The van der Waals surface area contributed by atoms with E-state index in [0.29, 0.717) is 24.3 Å². The molecule has 1 atom stereocenters. The van der Waals surface area contributed by atoms with Crippen molar-refractivity contribution in [2.75, 3.05) is 14.2 Å². The van der Waals surface area contributed by atoms with E-state index >= 15 is 0 Å². The number of carbonyl (C=O) groups excluding carboxylic acids is 1. The van der Waals surface area contributed by atoms with Gasteiger partial charge in [-0.1, -0.05) is 25.4 Å². The van der Waals surface area contributed by atoms with Gasteiger partial charge in [0.15, 0.2) is 0 Å². The Hall–Kier alpha value is -2.04. The van der Waals surface area contributed by atoms with E-state index in [9.17, 15) is 4.79 Å². The fourth-order valence-electron chi connectivity index (χ4n) is 2.01. The first-order valence-electron chi connectivity index (χ1n) is 7.57. The zero-order valence-corrected chi connectivity index (χ0v) is 13.8. The van der Waals surface area contributed by atoms with Crippen LogP contribution >= 0.6 is 0 Å². The van der Waals surface area contributed by atoms with Crippen molar-refractivity contribution < 1.29 is 19.1 Å². The summed E-state index contributed by atoms with van der Waals surface area (Å²) in [7, 11) is 3.19. The third kappa shape index (κ3) is 5.76. The number of ketones is 1. The Morgan fingerprint density at radius 1 is 1.27 bits per heavy atom. The van der Waals surface area contributed by atoms with Crippen LogP contribution in [0.25, 0.3) is 0 Å². The summed E-state index contributed by atoms with van der Waals surface area (Å²) < 4.78 is 10.4. The van der Waals surface area contributed by atoms with Crippen LogP contribution in [-0.2, 0) is 9.63 Å². The third-order valence-electron chi connectivity index (χ3n) is 3.30. The molecular formula is C17H25NO4. The van der Waals surface area contributed by atoms with Crippen molar-refractivity contribution in [3.8, 4) is 11.5 Å². The second kappa shape index (κ2) is 9.82. The molecule has 0 unspecified atom stereocenters. The molecule has 0 N–H and O–H groups in total. The van der Waals surface area contributed by atoms with Crippen LogP contribution in [0.1, 0.15) is 45.1 Å². The van der Waals surface area contributed by atoms with Gasteiger partial charge in [0.1, 0.15) is 23.4 Å². The van der Waals surface area contributed by atoms with Crippen LogP contribution in [0.15, 0.2) is 23.4 Å². The molecule has 0 heterocycles. The normalized spacial score (nSPS) is 12.2. The lowest BCUT2D eigenvalue weighted by Crippen LogP contribution is -2.15. The van der Waals surface area contributed by atoms with Gasteiger partial charge in [-0.05, 0) is 18.6 Å². The first-order chi connectivity index (χ1) is 10.6. The highest BCUT2D eigenvalue weighted by molar-refractivity contribution is 5.83. The number of benzene rings is 1. The van der Waals surface area contributed by atoms with Crippen molar-refractivity contribution in [1.29, 1.82) is 0 Å². The molecule has 5 nitrogen and oxygen atoms in total. The Morgan fingerprint density at radius 2 is 2.05 bits per heavy atom. The molecule has 0 aromatic heterocycles. The number of oxime groups is 1. The van der Waals surface area contributed by atoms with Crippen LogP contribution in [-0.4, -0.2) is 32.3 Å². The van der Waals surface area contributed by atoms with Crippen LogP contribution in [0.3, 0.4) is 0 Å². The second-order valence-electron chi connectivity index (χ2n) is 4.95. The molecule has 1 rings (SSSR count). The average Bonchev–Trinajstić information content (AvgIpc) is 2.54. The van der Waals surface area contributed by atoms with Crippen LogP contribution in [0.4, 0.5) is 0 Å². The number of nitrogens with zero attached hydrogens (tertiary/aromatic N) is 1. The van der Waals surface area contributed by atoms with Gasteiger partial charge in [-0.25, -0.2) is 0 Å². The minimum absolute atomic E-state index is 0.169. The maximum absolute atomic E-state index is 11.5. The molecule has 0 amide bonds. The van der Waals surface area contributed by atoms with E-state index < -0.39 is 0 Å². The fourth-order valence-corrected chi connectivity index (χ4v) is 2.01. The number of rotatable bonds is 10. The van der Waals surface area contributed by atoms with Crippen LogP contribution < -0.4 is 9.47 Å². The Labute approximate surface area is 132 Å². The fraction of sp³-hybridized carbons (Fsp3) is 0.529. The molecular weight excluding hydrogens is 282 g/mol. The first kappa shape index (κ1) is 18.0. The number of hydrogen-bond acceptors (Lipinski definition) is 5. The molecule has 1 aromatic carbocycles. The molecule has 0 aliphatic heterocycles. The zero-order valence-electron chi connectivity index (χ0n) is 13.8. The second-order valence-corrected chi connectivity index (χ2v) is 4.95. The topological polar surface area (TPSA) is 57.1 Å². The summed E-state index contributed by atoms with van der Waals surface area (Å²) in [5.74, 6) is 1.56. The number of Topliss-reactive ketones (excluding diaryl/α,β-unsaturated/α-hetero) is 1. The predicted molar refractivity (Wildman–Crippen MR) is 86.8 cm³/mol. The van der Waals surface area contributed by atoms with Gasteiger partial charge in [0.2, 0.25) is 0 Å². The van der Waals surface area contributed by atoms with Gasteiger partial charge in [-0.2, -0.15) is 0 Å². The lowest BCUT2D eigenvalue weighted by Gasteiger charge is -2.13. The molecule has 0 saturated heterocycles. The Kier molecular flexibility index (Phi) is 8.04. The molecule has 0 aliphatic rings. The molecule has 0 spiro atoms. The monoisotopic (exact) mass is 307 g/mol. The van der Waals surface area contributed by atoms with Gasteiger partial charge >= 0.3 is 0 Å². The smallest absolute Gasteiger partial charge is 0.136 e. The highest BCUT2D eigenvalue weighted by Gasteiger charge is 2.13. The van der Waals surface area contributed by atoms with E-state index in [0.717, 1.165) is 18.4 Å². The molecule has 122 valence electrons. The van der Waals surface area contributed by atoms with Crippen molar-refractivity contribution in [3.63, 3.8) is 0 Å². The van der Waals surface area contributed by atoms with Crippen LogP contribution in [0.2, 0.25) is 0 Å². The van der Waals surface area contributed by atoms with Crippen LogP contribution in [0, 0.1) is 0 Å². The Balaban J connectivity index is 2.71. The van der Waals surface area contributed by atoms with E-state index in [4.69, 9.17) is 14.3 Å². The molecule has 0 saturated carbocycles. The first-order valence-corrected chi connectivity index (χ1v) is 7.57. The van der Waals surface area contributed by atoms with Gasteiger partial charge in [0.05, 0.1) is 20.4 Å². The third-order valence-corrected chi connectivity index (χ3v) is 3.30. The minimum atomic E-state index is -0.169. The number of hydrogen-bond donors (Lipinski definition) is 0. The summed E-state index contributed by atoms with van der Waals surface area (Å²) >= 11 is 0. The van der Waals surface area contributed by atoms with Gasteiger partial charge in [0.25, 0.3) is 0 Å². The molecule has 0 aliphatic carbocycles. The quantitative estimate of drug-likeness (QED) is 0.489. The van der Waals surface area contributed by atoms with Crippen molar-refractivity contribution in [1.82, 2.24) is 0 Å². The average molecular weight is 307 g/mol. The summed E-state index contributed by atoms with van der Waals surface area (Å²) in [4.78, 5) is 17.0. The predicted octanol–water partition coefficient (Wildman–Crippen LogP) is 3.59. The van der Waals surface area contributed by atoms with E-state index in [1.807, 2.05) is 19.1 Å². The lowest BCUT2D eigenvalue weighted by atomic mass is 10.1. The van der Waals surface area contributed by atoms with Gasteiger partial charge in [-0.3, -0.25) is 4.79 Å². The van der Waals surface area contributed by atoms with E-state index in [1.54, 1.807) is 26.5 Å². The van der Waals surface area contributed by atoms with Crippen molar-refractivity contribution in [2.45, 2.75) is 45.6 Å². The van der Waals surface area contributed by atoms with Crippen molar-refractivity contribution >= 4 is 12.0 Å². The van der Waals surface area contributed by atoms with Crippen molar-refractivity contribution in [3.05, 3.63) is 23.8 Å². The lowest BCUT2D eigenvalue weighted by molar-refractivity contribution is -0.121. The maximum atomic E-state index is 11.5. The largest absolute Gasteiger partial charge is 0.497 e. The molecule has 1 aromatic rings. The Bertz CT molecular complexity index is 499. The molecule has 0 bridgehead atoms. The van der Waals surface area contributed by atoms with E-state index in [-0.39, 0.29) is 11.9 Å². The summed E-state index contributed by atoms with van der Waals surface area (Å²) in [6, 6.07) is 5.45. The summed E-state index contributed by atoms with van der Waals surface area (Å²) in [6.45, 7) is 3.92. The van der Waals surface area contributed by atoms with Crippen molar-refractivity contribution in [2.24, 2.45) is 5.16 Å². The highest BCUT2D eigenvalue weighted by atomic mass is 16.6. The molecule has 22 heavy (non-hydrogen) atoms. The van der Waals surface area contributed by atoms with Crippen LogP contribution in [0.5, 0.6) is 11.5 Å². The van der Waals surface area contributed by atoms with E-state index in [1.165, 1.54) is 0 Å². The summed E-state index contributed by atoms with van der Waals surface area (Å²) in [5, 5.41) is 4.01. The molecule has 0 radical (unpaired) electrons. The zero-order chi connectivity index (χ0) is 16.4. The molecule has 0 fully saturated rings.